The van der Waals surface area contributed by atoms with Crippen LogP contribution in [0.25, 0.3) is 0 Å². The number of carbonyl (C=O) groups is 1. The molecule has 9 heteroatoms. The molecule has 0 aliphatic carbocycles. The second-order valence-corrected chi connectivity index (χ2v) is 10.9. The molecule has 30 heavy (non-hydrogen) atoms. The number of rotatable bonds is 7. The Kier molecular flexibility index (Phi) is 7.15. The Morgan fingerprint density at radius 3 is 2.60 bits per heavy atom. The van der Waals surface area contributed by atoms with Gasteiger partial charge in [-0.1, -0.05) is 20.3 Å². The van der Waals surface area contributed by atoms with Crippen LogP contribution < -0.4 is 10.1 Å². The normalized spacial score (nSPS) is 15.4. The van der Waals surface area contributed by atoms with Crippen LogP contribution in [-0.4, -0.2) is 43.8 Å². The van der Waals surface area contributed by atoms with Gasteiger partial charge in [-0.15, -0.1) is 11.3 Å². The third kappa shape index (κ3) is 5.01. The molecule has 1 amide bonds. The maximum Gasteiger partial charge on any atom is 0.267 e. The van der Waals surface area contributed by atoms with E-state index in [1.54, 1.807) is 12.1 Å². The zero-order chi connectivity index (χ0) is 21.9. The summed E-state index contributed by atoms with van der Waals surface area (Å²) >= 11 is 1.38. The number of benzene rings is 1. The molecule has 7 nitrogen and oxygen atoms in total. The van der Waals surface area contributed by atoms with Gasteiger partial charge in [-0.05, 0) is 43.9 Å². The number of hydrogen-bond acceptors (Lipinski definition) is 6. The highest BCUT2D eigenvalue weighted by Gasteiger charge is 2.29. The van der Waals surface area contributed by atoms with Crippen LogP contribution in [-0.2, 0) is 16.4 Å². The van der Waals surface area contributed by atoms with Gasteiger partial charge in [0.05, 0.1) is 17.8 Å². The summed E-state index contributed by atoms with van der Waals surface area (Å²) in [5.74, 6) is 0.439. The van der Waals surface area contributed by atoms with Gasteiger partial charge >= 0.3 is 0 Å². The highest BCUT2D eigenvalue weighted by Crippen LogP contribution is 2.31. The highest BCUT2D eigenvalue weighted by molar-refractivity contribution is 7.89. The molecular weight excluding hydrogens is 422 g/mol. The first-order valence-corrected chi connectivity index (χ1v) is 12.4. The maximum atomic E-state index is 13.2. The van der Waals surface area contributed by atoms with E-state index in [1.165, 1.54) is 28.8 Å². The van der Waals surface area contributed by atoms with E-state index in [2.05, 4.69) is 24.1 Å². The van der Waals surface area contributed by atoms with Gasteiger partial charge in [0.25, 0.3) is 5.91 Å². The maximum absolute atomic E-state index is 13.2. The number of aryl methyl sites for hydroxylation is 1. The minimum Gasteiger partial charge on any atom is -0.495 e. The number of nitrogens with one attached hydrogen (secondary N) is 1. The second kappa shape index (κ2) is 9.45. The predicted octanol–water partition coefficient (Wildman–Crippen LogP) is 4.09. The van der Waals surface area contributed by atoms with Crippen LogP contribution in [0.5, 0.6) is 5.75 Å². The molecule has 0 bridgehead atoms. The van der Waals surface area contributed by atoms with Crippen molar-refractivity contribution in [3.8, 4) is 5.75 Å². The average Bonchev–Trinajstić information content (AvgIpc) is 3.08. The number of anilines is 1. The number of nitrogens with zero attached hydrogens (tertiary/aromatic N) is 2. The number of methoxy groups -OCH3 is 1. The molecule has 0 saturated carbocycles. The standard InChI is InChI=1S/C21H29N3O4S2/c1-14(2)12-19-22-15(3)20(29-19)21(25)23-16-8-9-17(28-4)18(13-16)30(26,27)24-10-6-5-7-11-24/h8-9,13-14H,5-7,10-12H2,1-4H3,(H,23,25). The molecule has 3 rings (SSSR count). The van der Waals surface area contributed by atoms with E-state index in [9.17, 15) is 13.2 Å². The molecule has 164 valence electrons. The zero-order valence-electron chi connectivity index (χ0n) is 17.9. The smallest absolute Gasteiger partial charge is 0.267 e. The van der Waals surface area contributed by atoms with Crippen molar-refractivity contribution >= 4 is 33.0 Å². The second-order valence-electron chi connectivity index (χ2n) is 7.90. The molecule has 2 heterocycles. The van der Waals surface area contributed by atoms with Crippen molar-refractivity contribution in [3.63, 3.8) is 0 Å². The fraction of sp³-hybridized carbons (Fsp3) is 0.524. The lowest BCUT2D eigenvalue weighted by molar-refractivity contribution is 0.102. The lowest BCUT2D eigenvalue weighted by Crippen LogP contribution is -2.35. The zero-order valence-corrected chi connectivity index (χ0v) is 19.5. The summed E-state index contributed by atoms with van der Waals surface area (Å²) in [7, 11) is -2.25. The number of sulfonamides is 1. The SMILES string of the molecule is COc1ccc(NC(=O)c2sc(CC(C)C)nc2C)cc1S(=O)(=O)N1CCCCC1. The first-order valence-electron chi connectivity index (χ1n) is 10.2. The predicted molar refractivity (Wildman–Crippen MR) is 119 cm³/mol. The molecule has 1 aliphatic heterocycles. The quantitative estimate of drug-likeness (QED) is 0.685. The van der Waals surface area contributed by atoms with Crippen molar-refractivity contribution in [2.45, 2.75) is 51.3 Å². The van der Waals surface area contributed by atoms with Crippen LogP contribution in [0.3, 0.4) is 0 Å². The minimum atomic E-state index is -3.70. The minimum absolute atomic E-state index is 0.0752. The Morgan fingerprint density at radius 2 is 1.97 bits per heavy atom. The van der Waals surface area contributed by atoms with Crippen LogP contribution in [0.1, 0.15) is 53.5 Å². The van der Waals surface area contributed by atoms with Gasteiger partial charge in [-0.2, -0.15) is 4.31 Å². The highest BCUT2D eigenvalue weighted by atomic mass is 32.2. The molecule has 0 atom stereocenters. The summed E-state index contributed by atoms with van der Waals surface area (Å²) in [5.41, 5.74) is 1.09. The monoisotopic (exact) mass is 451 g/mol. The van der Waals surface area contributed by atoms with E-state index in [0.717, 1.165) is 30.7 Å². The van der Waals surface area contributed by atoms with Crippen LogP contribution in [0.15, 0.2) is 23.1 Å². The molecule has 1 N–H and O–H groups in total. The Bertz CT molecular complexity index is 1010. The first kappa shape index (κ1) is 22.7. The summed E-state index contributed by atoms with van der Waals surface area (Å²) in [6.07, 6.45) is 3.55. The molecule has 1 fully saturated rings. The Balaban J connectivity index is 1.86. The summed E-state index contributed by atoms with van der Waals surface area (Å²) in [5, 5.41) is 3.75. The average molecular weight is 452 g/mol. The first-order chi connectivity index (χ1) is 14.2. The lowest BCUT2D eigenvalue weighted by atomic mass is 10.1. The van der Waals surface area contributed by atoms with Crippen LogP contribution in [0, 0.1) is 12.8 Å². The number of amides is 1. The summed E-state index contributed by atoms with van der Waals surface area (Å²) in [4.78, 5) is 17.9. The Morgan fingerprint density at radius 1 is 1.27 bits per heavy atom. The number of hydrogen-bond donors (Lipinski definition) is 1. The number of piperidine rings is 1. The van der Waals surface area contributed by atoms with Gasteiger partial charge in [0.1, 0.15) is 15.5 Å². The summed E-state index contributed by atoms with van der Waals surface area (Å²) < 4.78 is 33.1. The van der Waals surface area contributed by atoms with E-state index in [1.807, 2.05) is 6.92 Å². The third-order valence-electron chi connectivity index (χ3n) is 4.98. The summed E-state index contributed by atoms with van der Waals surface area (Å²) in [6.45, 7) is 7.04. The number of ether oxygens (including phenoxy) is 1. The number of carbonyl (C=O) groups excluding carboxylic acids is 1. The van der Waals surface area contributed by atoms with Gasteiger partial charge < -0.3 is 10.1 Å². The Hall–Kier alpha value is -1.97. The van der Waals surface area contributed by atoms with Gasteiger partial charge in [0.15, 0.2) is 0 Å². The largest absolute Gasteiger partial charge is 0.495 e. The Labute approximate surface area is 182 Å². The fourth-order valence-corrected chi connectivity index (χ4v) is 6.36. The molecule has 1 aromatic carbocycles. The van der Waals surface area contributed by atoms with Crippen molar-refractivity contribution in [2.24, 2.45) is 5.92 Å². The number of thiazole rings is 1. The molecule has 0 spiro atoms. The van der Waals surface area contributed by atoms with Crippen LogP contribution in [0.4, 0.5) is 5.69 Å². The summed E-state index contributed by atoms with van der Waals surface area (Å²) in [6, 6.07) is 4.71. The molecule has 0 radical (unpaired) electrons. The molecule has 0 unspecified atom stereocenters. The topological polar surface area (TPSA) is 88.6 Å². The molecule has 1 aliphatic rings. The van der Waals surface area contributed by atoms with E-state index in [4.69, 9.17) is 4.74 Å². The number of aromatic nitrogens is 1. The van der Waals surface area contributed by atoms with Gasteiger partial charge in [-0.3, -0.25) is 4.79 Å². The fourth-order valence-electron chi connectivity index (χ4n) is 3.49. The van der Waals surface area contributed by atoms with E-state index >= 15 is 0 Å². The van der Waals surface area contributed by atoms with Crippen molar-refractivity contribution in [3.05, 3.63) is 33.8 Å². The van der Waals surface area contributed by atoms with Gasteiger partial charge in [0, 0.05) is 25.2 Å². The van der Waals surface area contributed by atoms with Crippen molar-refractivity contribution in [2.75, 3.05) is 25.5 Å². The molecule has 1 aromatic heterocycles. The molecule has 2 aromatic rings. The van der Waals surface area contributed by atoms with E-state index in [-0.39, 0.29) is 16.6 Å². The van der Waals surface area contributed by atoms with Crippen molar-refractivity contribution in [1.29, 1.82) is 0 Å². The van der Waals surface area contributed by atoms with E-state index in [0.29, 0.717) is 35.3 Å². The van der Waals surface area contributed by atoms with Crippen LogP contribution >= 0.6 is 11.3 Å². The molecule has 1 saturated heterocycles. The van der Waals surface area contributed by atoms with E-state index < -0.39 is 10.0 Å². The van der Waals surface area contributed by atoms with Gasteiger partial charge in [-0.25, -0.2) is 13.4 Å². The van der Waals surface area contributed by atoms with Crippen molar-refractivity contribution in [1.82, 2.24) is 9.29 Å². The van der Waals surface area contributed by atoms with Crippen molar-refractivity contribution < 1.29 is 17.9 Å². The third-order valence-corrected chi connectivity index (χ3v) is 8.08. The molecular formula is C21H29N3O4S2. The van der Waals surface area contributed by atoms with Gasteiger partial charge in [0.2, 0.25) is 10.0 Å². The van der Waals surface area contributed by atoms with Crippen LogP contribution in [0.2, 0.25) is 0 Å². The lowest BCUT2D eigenvalue weighted by Gasteiger charge is -2.26.